The lowest BCUT2D eigenvalue weighted by molar-refractivity contribution is 1.44. The van der Waals surface area contributed by atoms with Gasteiger partial charge in [-0.05, 0) is 29.8 Å². The molecule has 2 N–H and O–H groups in total. The fraction of sp³-hybridized carbons (Fsp3) is 0. The van der Waals surface area contributed by atoms with Gasteiger partial charge in [0.15, 0.2) is 0 Å². The van der Waals surface area contributed by atoms with E-state index >= 15 is 0 Å². The fourth-order valence-corrected chi connectivity index (χ4v) is 2.46. The third kappa shape index (κ3) is 1.36. The second-order valence-electron chi connectivity index (χ2n) is 4.55. The Morgan fingerprint density at radius 2 is 1.61 bits per heavy atom. The highest BCUT2D eigenvalue weighted by Crippen LogP contribution is 2.27. The maximum atomic E-state index is 3.47. The number of hydrogen-bond donors (Lipinski definition) is 2. The monoisotopic (exact) mass is 232 g/mol. The van der Waals surface area contributed by atoms with Crippen LogP contribution in [0.3, 0.4) is 0 Å². The van der Waals surface area contributed by atoms with Crippen molar-refractivity contribution in [3.63, 3.8) is 0 Å². The van der Waals surface area contributed by atoms with Gasteiger partial charge in [0.2, 0.25) is 0 Å². The van der Waals surface area contributed by atoms with Gasteiger partial charge in [-0.3, -0.25) is 0 Å². The van der Waals surface area contributed by atoms with Crippen LogP contribution in [0.1, 0.15) is 0 Å². The zero-order valence-electron chi connectivity index (χ0n) is 9.77. The summed E-state index contributed by atoms with van der Waals surface area (Å²) in [6.07, 6.45) is 1.97. The molecule has 0 unspecified atom stereocenters. The lowest BCUT2D eigenvalue weighted by Crippen LogP contribution is -1.74. The largest absolute Gasteiger partial charge is 0.361 e. The summed E-state index contributed by atoms with van der Waals surface area (Å²) in [6, 6.07) is 19.1. The van der Waals surface area contributed by atoms with Crippen molar-refractivity contribution in [3.05, 3.63) is 60.8 Å². The third-order valence-corrected chi connectivity index (χ3v) is 3.38. The Bertz CT molecular complexity index is 774. The van der Waals surface area contributed by atoms with Gasteiger partial charge in [0, 0.05) is 33.7 Å². The first-order valence-electron chi connectivity index (χ1n) is 6.05. The summed E-state index contributed by atoms with van der Waals surface area (Å²) in [7, 11) is 0. The molecule has 4 aromatic rings. The number of fused-ring (bicyclic) bond motifs is 2. The van der Waals surface area contributed by atoms with Gasteiger partial charge in [-0.15, -0.1) is 0 Å². The standard InChI is InChI=1S/C16H12N2/c1-2-4-11(5-3-1)15-9-13-8-12-6-7-17-14(12)10-16(13)18-15/h1-10,17-18H. The van der Waals surface area contributed by atoms with Gasteiger partial charge in [-0.1, -0.05) is 30.3 Å². The van der Waals surface area contributed by atoms with Gasteiger partial charge in [0.25, 0.3) is 0 Å². The summed E-state index contributed by atoms with van der Waals surface area (Å²) in [5, 5.41) is 2.50. The minimum atomic E-state index is 1.17. The number of rotatable bonds is 1. The summed E-state index contributed by atoms with van der Waals surface area (Å²) in [5.41, 5.74) is 4.73. The van der Waals surface area contributed by atoms with Gasteiger partial charge in [0.1, 0.15) is 0 Å². The molecule has 18 heavy (non-hydrogen) atoms. The molecule has 2 heterocycles. The first kappa shape index (κ1) is 9.54. The molecule has 0 amide bonds. The van der Waals surface area contributed by atoms with E-state index in [1.165, 1.54) is 33.1 Å². The van der Waals surface area contributed by atoms with Gasteiger partial charge < -0.3 is 9.97 Å². The third-order valence-electron chi connectivity index (χ3n) is 3.38. The van der Waals surface area contributed by atoms with Crippen LogP contribution in [0, 0.1) is 0 Å². The van der Waals surface area contributed by atoms with Crippen LogP contribution in [-0.2, 0) is 0 Å². The van der Waals surface area contributed by atoms with Crippen LogP contribution in [0.15, 0.2) is 60.8 Å². The van der Waals surface area contributed by atoms with E-state index in [1.54, 1.807) is 0 Å². The van der Waals surface area contributed by atoms with E-state index in [9.17, 15) is 0 Å². The number of benzene rings is 2. The Kier molecular flexibility index (Phi) is 1.86. The Labute approximate surface area is 104 Å². The maximum absolute atomic E-state index is 3.47. The Balaban J connectivity index is 1.98. The normalized spacial score (nSPS) is 11.3. The Morgan fingerprint density at radius 3 is 2.50 bits per heavy atom. The van der Waals surface area contributed by atoms with Crippen molar-refractivity contribution in [3.8, 4) is 11.3 Å². The number of aromatic nitrogens is 2. The highest BCUT2D eigenvalue weighted by molar-refractivity contribution is 5.97. The van der Waals surface area contributed by atoms with Crippen molar-refractivity contribution in [2.75, 3.05) is 0 Å². The van der Waals surface area contributed by atoms with E-state index in [2.05, 4.69) is 58.5 Å². The summed E-state index contributed by atoms with van der Waals surface area (Å²) in [4.78, 5) is 6.71. The summed E-state index contributed by atoms with van der Waals surface area (Å²) >= 11 is 0. The van der Waals surface area contributed by atoms with Crippen LogP contribution < -0.4 is 0 Å². The molecule has 0 saturated heterocycles. The van der Waals surface area contributed by atoms with Gasteiger partial charge in [-0.25, -0.2) is 0 Å². The van der Waals surface area contributed by atoms with E-state index in [1.807, 2.05) is 12.3 Å². The topological polar surface area (TPSA) is 31.6 Å². The summed E-state index contributed by atoms with van der Waals surface area (Å²) in [6.45, 7) is 0. The van der Waals surface area contributed by atoms with Crippen LogP contribution in [0.5, 0.6) is 0 Å². The predicted molar refractivity (Wildman–Crippen MR) is 75.6 cm³/mol. The molecule has 0 saturated carbocycles. The van der Waals surface area contributed by atoms with Crippen molar-refractivity contribution >= 4 is 21.8 Å². The lowest BCUT2D eigenvalue weighted by Gasteiger charge is -1.95. The van der Waals surface area contributed by atoms with Gasteiger partial charge >= 0.3 is 0 Å². The van der Waals surface area contributed by atoms with E-state index in [0.717, 1.165) is 0 Å². The molecule has 4 rings (SSSR count). The number of H-pyrrole nitrogens is 2. The Morgan fingerprint density at radius 1 is 0.722 bits per heavy atom. The molecule has 2 heteroatoms. The Hall–Kier alpha value is -2.48. The molecule has 2 aromatic heterocycles. The van der Waals surface area contributed by atoms with Crippen molar-refractivity contribution in [2.45, 2.75) is 0 Å². The molecular formula is C16H12N2. The first-order valence-corrected chi connectivity index (χ1v) is 6.05. The first-order chi connectivity index (χ1) is 8.90. The smallest absolute Gasteiger partial charge is 0.0480 e. The highest BCUT2D eigenvalue weighted by Gasteiger charge is 2.04. The zero-order chi connectivity index (χ0) is 11.9. The molecule has 86 valence electrons. The van der Waals surface area contributed by atoms with Crippen LogP contribution in [0.4, 0.5) is 0 Å². The average Bonchev–Trinajstić information content (AvgIpc) is 3.01. The van der Waals surface area contributed by atoms with Gasteiger partial charge in [-0.2, -0.15) is 0 Å². The van der Waals surface area contributed by atoms with Crippen LogP contribution in [0.2, 0.25) is 0 Å². The van der Waals surface area contributed by atoms with Crippen molar-refractivity contribution < 1.29 is 0 Å². The second-order valence-corrected chi connectivity index (χ2v) is 4.55. The van der Waals surface area contributed by atoms with Crippen molar-refractivity contribution in [1.82, 2.24) is 9.97 Å². The van der Waals surface area contributed by atoms with Crippen LogP contribution >= 0.6 is 0 Å². The predicted octanol–water partition coefficient (Wildman–Crippen LogP) is 4.32. The van der Waals surface area contributed by atoms with E-state index in [-0.39, 0.29) is 0 Å². The zero-order valence-corrected chi connectivity index (χ0v) is 9.77. The van der Waals surface area contributed by atoms with Crippen molar-refractivity contribution in [1.29, 1.82) is 0 Å². The molecule has 0 aliphatic heterocycles. The molecule has 2 aromatic carbocycles. The number of hydrogen-bond acceptors (Lipinski definition) is 0. The highest BCUT2D eigenvalue weighted by atomic mass is 14.7. The summed E-state index contributed by atoms with van der Waals surface area (Å²) in [5.74, 6) is 0. The minimum absolute atomic E-state index is 1.17. The molecule has 0 atom stereocenters. The molecule has 0 radical (unpaired) electrons. The SMILES string of the molecule is c1ccc(-c2cc3cc4cc[nH]c4cc3[nH]2)cc1. The number of nitrogens with one attached hydrogen (secondary N) is 2. The molecule has 0 fully saturated rings. The second kappa shape index (κ2) is 3.50. The van der Waals surface area contributed by atoms with Crippen LogP contribution in [-0.4, -0.2) is 9.97 Å². The summed E-state index contributed by atoms with van der Waals surface area (Å²) < 4.78 is 0. The molecule has 0 aliphatic carbocycles. The van der Waals surface area contributed by atoms with Crippen LogP contribution in [0.25, 0.3) is 33.1 Å². The molecule has 0 spiro atoms. The quantitative estimate of drug-likeness (QED) is 0.490. The minimum Gasteiger partial charge on any atom is -0.361 e. The van der Waals surface area contributed by atoms with E-state index in [4.69, 9.17) is 0 Å². The maximum Gasteiger partial charge on any atom is 0.0480 e. The number of aromatic amines is 2. The molecule has 2 nitrogen and oxygen atoms in total. The lowest BCUT2D eigenvalue weighted by atomic mass is 10.1. The van der Waals surface area contributed by atoms with Crippen molar-refractivity contribution in [2.24, 2.45) is 0 Å². The van der Waals surface area contributed by atoms with Gasteiger partial charge in [0.05, 0.1) is 0 Å². The van der Waals surface area contributed by atoms with E-state index < -0.39 is 0 Å². The fourth-order valence-electron chi connectivity index (χ4n) is 2.46. The average molecular weight is 232 g/mol. The molecule has 0 bridgehead atoms. The molecule has 0 aliphatic rings. The van der Waals surface area contributed by atoms with E-state index in [0.29, 0.717) is 0 Å². The molecular weight excluding hydrogens is 220 g/mol.